The molecular weight excluding hydrogens is 398 g/mol. The fraction of sp³-hybridized carbons (Fsp3) is 0.130. The van der Waals surface area contributed by atoms with E-state index < -0.39 is 18.0 Å². The number of nitrogens with zero attached hydrogens (tertiary/aromatic N) is 2. The quantitative estimate of drug-likeness (QED) is 0.450. The molecule has 4 rings (SSSR count). The van der Waals surface area contributed by atoms with Gasteiger partial charge in [-0.15, -0.1) is 11.3 Å². The molecule has 0 aliphatic heterocycles. The predicted molar refractivity (Wildman–Crippen MR) is 117 cm³/mol. The van der Waals surface area contributed by atoms with E-state index in [1.54, 1.807) is 25.3 Å². The van der Waals surface area contributed by atoms with Crippen LogP contribution in [-0.4, -0.2) is 27.9 Å². The molecule has 1 unspecified atom stereocenters. The number of hydrogen-bond acceptors (Lipinski definition) is 6. The summed E-state index contributed by atoms with van der Waals surface area (Å²) in [5.41, 5.74) is 2.05. The Morgan fingerprint density at radius 2 is 1.93 bits per heavy atom. The molecule has 150 valence electrons. The average molecular weight is 417 g/mol. The first-order chi connectivity index (χ1) is 14.6. The van der Waals surface area contributed by atoms with Crippen molar-refractivity contribution in [1.29, 1.82) is 0 Å². The van der Waals surface area contributed by atoms with E-state index in [2.05, 4.69) is 33.5 Å². The molecule has 2 heterocycles. The highest BCUT2D eigenvalue weighted by Gasteiger charge is 2.23. The Kier molecular flexibility index (Phi) is 5.81. The number of thiazole rings is 1. The molecule has 0 radical (unpaired) electrons. The number of carbonyl (C=O) groups excluding carboxylic acids is 2. The summed E-state index contributed by atoms with van der Waals surface area (Å²) < 4.78 is 5.35. The van der Waals surface area contributed by atoms with Gasteiger partial charge < -0.3 is 4.74 Å². The summed E-state index contributed by atoms with van der Waals surface area (Å²) in [4.78, 5) is 33.2. The molecule has 2 aromatic heterocycles. The van der Waals surface area contributed by atoms with Gasteiger partial charge in [0.2, 0.25) is 0 Å². The SMILES string of the molecule is CCC(OC(=O)c1cccnc1)C(=O)Nc1nc(-c2ccc3ccccc3c2)cs1. The lowest BCUT2D eigenvalue weighted by molar-refractivity contribution is -0.124. The van der Waals surface area contributed by atoms with Crippen molar-refractivity contribution in [3.05, 3.63) is 77.9 Å². The summed E-state index contributed by atoms with van der Waals surface area (Å²) in [5, 5.41) is 7.39. The number of esters is 1. The monoisotopic (exact) mass is 417 g/mol. The molecule has 30 heavy (non-hydrogen) atoms. The van der Waals surface area contributed by atoms with Gasteiger partial charge in [-0.2, -0.15) is 0 Å². The number of carbonyl (C=O) groups is 2. The van der Waals surface area contributed by atoms with Crippen molar-refractivity contribution in [3.8, 4) is 11.3 Å². The number of pyridine rings is 1. The lowest BCUT2D eigenvalue weighted by Gasteiger charge is -2.14. The number of amides is 1. The summed E-state index contributed by atoms with van der Waals surface area (Å²) in [7, 11) is 0. The molecule has 0 bridgehead atoms. The van der Waals surface area contributed by atoms with Crippen LogP contribution in [0.2, 0.25) is 0 Å². The first-order valence-corrected chi connectivity index (χ1v) is 10.4. The Morgan fingerprint density at radius 3 is 2.70 bits per heavy atom. The second kappa shape index (κ2) is 8.84. The van der Waals surface area contributed by atoms with Crippen molar-refractivity contribution < 1.29 is 14.3 Å². The van der Waals surface area contributed by atoms with Crippen molar-refractivity contribution in [2.45, 2.75) is 19.4 Å². The molecule has 0 saturated carbocycles. The van der Waals surface area contributed by atoms with Gasteiger partial charge in [-0.3, -0.25) is 15.1 Å². The summed E-state index contributed by atoms with van der Waals surface area (Å²) in [5.74, 6) is -0.991. The molecule has 4 aromatic rings. The smallest absolute Gasteiger partial charge is 0.340 e. The molecule has 0 aliphatic carbocycles. The number of aromatic nitrogens is 2. The number of benzene rings is 2. The van der Waals surface area contributed by atoms with Crippen molar-refractivity contribution in [2.75, 3.05) is 5.32 Å². The minimum Gasteiger partial charge on any atom is -0.449 e. The molecule has 0 aliphatic rings. The molecular formula is C23H19N3O3S. The maximum absolute atomic E-state index is 12.6. The largest absolute Gasteiger partial charge is 0.449 e. The number of rotatable bonds is 6. The Bertz CT molecular complexity index is 1190. The third-order valence-corrected chi connectivity index (χ3v) is 5.35. The van der Waals surface area contributed by atoms with E-state index in [0.29, 0.717) is 17.1 Å². The first kappa shape index (κ1) is 19.7. The van der Waals surface area contributed by atoms with Crippen LogP contribution in [0.4, 0.5) is 5.13 Å². The highest BCUT2D eigenvalue weighted by atomic mass is 32.1. The molecule has 1 amide bonds. The van der Waals surface area contributed by atoms with Gasteiger partial charge in [-0.05, 0) is 35.4 Å². The number of hydrogen-bond donors (Lipinski definition) is 1. The minimum absolute atomic E-state index is 0.302. The van der Waals surface area contributed by atoms with Gasteiger partial charge in [0.15, 0.2) is 11.2 Å². The van der Waals surface area contributed by atoms with E-state index in [4.69, 9.17) is 4.74 Å². The van der Waals surface area contributed by atoms with Crippen molar-refractivity contribution in [3.63, 3.8) is 0 Å². The standard InChI is InChI=1S/C23H19N3O3S/c1-2-20(29-22(28)18-8-5-11-24-13-18)21(27)26-23-25-19(14-30-23)17-10-9-15-6-3-4-7-16(15)12-17/h3-14,20H,2H2,1H3,(H,25,26,27). The van der Waals surface area contributed by atoms with Crippen molar-refractivity contribution >= 4 is 39.1 Å². The van der Waals surface area contributed by atoms with Crippen LogP contribution in [-0.2, 0) is 9.53 Å². The highest BCUT2D eigenvalue weighted by Crippen LogP contribution is 2.28. The van der Waals surface area contributed by atoms with Crippen LogP contribution in [0, 0.1) is 0 Å². The van der Waals surface area contributed by atoms with Gasteiger partial charge >= 0.3 is 5.97 Å². The summed E-state index contributed by atoms with van der Waals surface area (Å²) in [6, 6.07) is 17.5. The first-order valence-electron chi connectivity index (χ1n) is 9.50. The number of fused-ring (bicyclic) bond motifs is 1. The Hall–Kier alpha value is -3.58. The van der Waals surface area contributed by atoms with Crippen LogP contribution in [0.25, 0.3) is 22.0 Å². The van der Waals surface area contributed by atoms with Crippen LogP contribution in [0.1, 0.15) is 23.7 Å². The molecule has 1 N–H and O–H groups in total. The van der Waals surface area contributed by atoms with Gasteiger partial charge in [0.25, 0.3) is 5.91 Å². The fourth-order valence-corrected chi connectivity index (χ4v) is 3.72. The van der Waals surface area contributed by atoms with Gasteiger partial charge in [0, 0.05) is 23.3 Å². The molecule has 0 spiro atoms. The topological polar surface area (TPSA) is 81.2 Å². The Balaban J connectivity index is 1.45. The van der Waals surface area contributed by atoms with Crippen LogP contribution in [0.5, 0.6) is 0 Å². The number of nitrogens with one attached hydrogen (secondary N) is 1. The summed E-state index contributed by atoms with van der Waals surface area (Å²) in [6.07, 6.45) is 2.41. The van der Waals surface area contributed by atoms with Crippen LogP contribution in [0.3, 0.4) is 0 Å². The fourth-order valence-electron chi connectivity index (χ4n) is 3.00. The van der Waals surface area contributed by atoms with Crippen LogP contribution in [0.15, 0.2) is 72.4 Å². The van der Waals surface area contributed by atoms with Gasteiger partial charge in [-0.1, -0.05) is 43.3 Å². The maximum atomic E-state index is 12.6. The number of anilines is 1. The summed E-state index contributed by atoms with van der Waals surface area (Å²) >= 11 is 1.33. The highest BCUT2D eigenvalue weighted by molar-refractivity contribution is 7.14. The van der Waals surface area contributed by atoms with E-state index in [-0.39, 0.29) is 0 Å². The van der Waals surface area contributed by atoms with Crippen molar-refractivity contribution in [1.82, 2.24) is 9.97 Å². The Labute approximate surface area is 177 Å². The molecule has 6 nitrogen and oxygen atoms in total. The molecule has 0 fully saturated rings. The Morgan fingerprint density at radius 1 is 1.10 bits per heavy atom. The molecule has 0 saturated heterocycles. The molecule has 2 aromatic carbocycles. The predicted octanol–water partition coefficient (Wildman–Crippen LogP) is 4.93. The lowest BCUT2D eigenvalue weighted by Crippen LogP contribution is -2.32. The zero-order chi connectivity index (χ0) is 20.9. The lowest BCUT2D eigenvalue weighted by atomic mass is 10.1. The third-order valence-electron chi connectivity index (χ3n) is 4.59. The zero-order valence-electron chi connectivity index (χ0n) is 16.2. The van der Waals surface area contributed by atoms with Crippen molar-refractivity contribution in [2.24, 2.45) is 0 Å². The minimum atomic E-state index is -0.911. The van der Waals surface area contributed by atoms with E-state index in [1.165, 1.54) is 17.5 Å². The molecule has 1 atom stereocenters. The summed E-state index contributed by atoms with van der Waals surface area (Å²) in [6.45, 7) is 1.78. The zero-order valence-corrected chi connectivity index (χ0v) is 17.1. The van der Waals surface area contributed by atoms with Gasteiger partial charge in [0.1, 0.15) is 0 Å². The number of ether oxygens (including phenoxy) is 1. The van der Waals surface area contributed by atoms with Gasteiger partial charge in [0.05, 0.1) is 11.3 Å². The maximum Gasteiger partial charge on any atom is 0.340 e. The van der Waals surface area contributed by atoms with E-state index in [0.717, 1.165) is 22.0 Å². The second-order valence-electron chi connectivity index (χ2n) is 6.63. The van der Waals surface area contributed by atoms with Crippen LogP contribution < -0.4 is 5.32 Å². The normalized spacial score (nSPS) is 11.8. The van der Waals surface area contributed by atoms with E-state index >= 15 is 0 Å². The average Bonchev–Trinajstić information content (AvgIpc) is 3.26. The van der Waals surface area contributed by atoms with Gasteiger partial charge in [-0.25, -0.2) is 9.78 Å². The van der Waals surface area contributed by atoms with E-state index in [9.17, 15) is 9.59 Å². The second-order valence-corrected chi connectivity index (χ2v) is 7.49. The van der Waals surface area contributed by atoms with E-state index in [1.807, 2.05) is 29.6 Å². The molecule has 7 heteroatoms. The third kappa shape index (κ3) is 4.36. The van der Waals surface area contributed by atoms with Crippen LogP contribution >= 0.6 is 11.3 Å².